The molecule has 100 valence electrons. The molecule has 0 saturated carbocycles. The molecule has 3 rings (SSSR count). The van der Waals surface area contributed by atoms with E-state index in [0.717, 1.165) is 11.1 Å². The van der Waals surface area contributed by atoms with E-state index in [0.29, 0.717) is 16.3 Å². The van der Waals surface area contributed by atoms with Crippen molar-refractivity contribution in [3.05, 3.63) is 76.6 Å². The van der Waals surface area contributed by atoms with Gasteiger partial charge in [0, 0.05) is 5.56 Å². The number of rotatable bonds is 3. The number of aromatic nitrogens is 1. The molecule has 1 heterocycles. The van der Waals surface area contributed by atoms with Crippen LogP contribution in [0.25, 0.3) is 11.5 Å². The van der Waals surface area contributed by atoms with Crippen LogP contribution < -0.4 is 0 Å². The molecule has 4 heteroatoms. The number of benzene rings is 2. The third-order valence-corrected chi connectivity index (χ3v) is 3.56. The van der Waals surface area contributed by atoms with Gasteiger partial charge in [-0.05, 0) is 33.6 Å². The van der Waals surface area contributed by atoms with Crippen molar-refractivity contribution in [3.8, 4) is 11.5 Å². The average molecular weight is 330 g/mol. The normalized spacial score (nSPS) is 12.3. The maximum atomic E-state index is 10.4. The summed E-state index contributed by atoms with van der Waals surface area (Å²) in [5, 5.41) is 10.4. The first-order chi connectivity index (χ1) is 9.75. The van der Waals surface area contributed by atoms with Crippen LogP contribution in [0.3, 0.4) is 0 Å². The highest BCUT2D eigenvalue weighted by Gasteiger charge is 2.21. The molecule has 0 bridgehead atoms. The Bertz CT molecular complexity index is 695. The average Bonchev–Trinajstić information content (AvgIpc) is 2.90. The van der Waals surface area contributed by atoms with Crippen LogP contribution in [-0.2, 0) is 0 Å². The van der Waals surface area contributed by atoms with Crippen LogP contribution in [-0.4, -0.2) is 10.1 Å². The van der Waals surface area contributed by atoms with Crippen molar-refractivity contribution in [2.45, 2.75) is 6.10 Å². The summed E-state index contributed by atoms with van der Waals surface area (Å²) < 4.78 is 6.23. The largest absolute Gasteiger partial charge is 0.437 e. The maximum absolute atomic E-state index is 10.4. The quantitative estimate of drug-likeness (QED) is 0.783. The Hall–Kier alpha value is -1.91. The van der Waals surface area contributed by atoms with Gasteiger partial charge in [0.25, 0.3) is 0 Å². The maximum Gasteiger partial charge on any atom is 0.227 e. The van der Waals surface area contributed by atoms with Gasteiger partial charge in [-0.2, -0.15) is 0 Å². The fourth-order valence-corrected chi connectivity index (χ4v) is 2.43. The SMILES string of the molecule is OC(c1ccccc1)c1oc(-c2ccccc2)nc1Br. The molecule has 2 aromatic carbocycles. The van der Waals surface area contributed by atoms with Crippen molar-refractivity contribution in [1.29, 1.82) is 0 Å². The molecular formula is C16H12BrNO2. The van der Waals surface area contributed by atoms with Gasteiger partial charge in [0.2, 0.25) is 5.89 Å². The molecule has 1 N–H and O–H groups in total. The summed E-state index contributed by atoms with van der Waals surface area (Å²) in [6.07, 6.45) is -0.837. The first-order valence-corrected chi connectivity index (χ1v) is 6.99. The van der Waals surface area contributed by atoms with Gasteiger partial charge >= 0.3 is 0 Å². The molecule has 1 aromatic heterocycles. The second-order valence-electron chi connectivity index (χ2n) is 4.35. The molecule has 20 heavy (non-hydrogen) atoms. The minimum absolute atomic E-state index is 0.412. The van der Waals surface area contributed by atoms with E-state index in [2.05, 4.69) is 20.9 Å². The third kappa shape index (κ3) is 2.53. The van der Waals surface area contributed by atoms with Crippen LogP contribution in [0.5, 0.6) is 0 Å². The number of aliphatic hydroxyl groups excluding tert-OH is 1. The second-order valence-corrected chi connectivity index (χ2v) is 5.10. The molecule has 0 aliphatic rings. The predicted molar refractivity (Wildman–Crippen MR) is 80.1 cm³/mol. The molecule has 1 unspecified atom stereocenters. The Balaban J connectivity index is 1.98. The van der Waals surface area contributed by atoms with Gasteiger partial charge in [-0.3, -0.25) is 0 Å². The van der Waals surface area contributed by atoms with Crippen LogP contribution in [0.1, 0.15) is 17.4 Å². The first kappa shape index (κ1) is 13.1. The van der Waals surface area contributed by atoms with E-state index in [1.165, 1.54) is 0 Å². The zero-order valence-corrected chi connectivity index (χ0v) is 12.1. The molecule has 0 amide bonds. The van der Waals surface area contributed by atoms with Gasteiger partial charge < -0.3 is 9.52 Å². The molecule has 1 atom stereocenters. The van der Waals surface area contributed by atoms with E-state index in [4.69, 9.17) is 4.42 Å². The van der Waals surface area contributed by atoms with Gasteiger partial charge in [-0.15, -0.1) is 0 Å². The highest BCUT2D eigenvalue weighted by Crippen LogP contribution is 2.32. The van der Waals surface area contributed by atoms with Crippen molar-refractivity contribution < 1.29 is 9.52 Å². The van der Waals surface area contributed by atoms with Crippen LogP contribution in [0.4, 0.5) is 0 Å². The molecule has 0 aliphatic heterocycles. The number of hydrogen-bond acceptors (Lipinski definition) is 3. The van der Waals surface area contributed by atoms with Crippen LogP contribution in [0, 0.1) is 0 Å². The lowest BCUT2D eigenvalue weighted by Crippen LogP contribution is -1.98. The zero-order valence-electron chi connectivity index (χ0n) is 10.5. The minimum atomic E-state index is -0.837. The second kappa shape index (κ2) is 5.61. The summed E-state index contributed by atoms with van der Waals surface area (Å²) in [4.78, 5) is 4.32. The summed E-state index contributed by atoms with van der Waals surface area (Å²) in [6, 6.07) is 18.9. The van der Waals surface area contributed by atoms with E-state index < -0.39 is 6.10 Å². The summed E-state index contributed by atoms with van der Waals surface area (Å²) in [5.41, 5.74) is 1.64. The smallest absolute Gasteiger partial charge is 0.227 e. The Morgan fingerprint density at radius 2 is 1.55 bits per heavy atom. The molecule has 0 aliphatic carbocycles. The standard InChI is InChI=1S/C16H12BrNO2/c17-15-14(13(19)11-7-3-1-4-8-11)20-16(18-15)12-9-5-2-6-10-12/h1-10,13,19H. The molecular weight excluding hydrogens is 318 g/mol. The summed E-state index contributed by atoms with van der Waals surface area (Å²) >= 11 is 3.35. The third-order valence-electron chi connectivity index (χ3n) is 2.99. The van der Waals surface area contributed by atoms with Crippen molar-refractivity contribution in [2.75, 3.05) is 0 Å². The first-order valence-electron chi connectivity index (χ1n) is 6.20. The summed E-state index contributed by atoms with van der Waals surface area (Å²) in [7, 11) is 0. The fraction of sp³-hybridized carbons (Fsp3) is 0.0625. The zero-order chi connectivity index (χ0) is 13.9. The van der Waals surface area contributed by atoms with Gasteiger partial charge in [0.05, 0.1) is 0 Å². The lowest BCUT2D eigenvalue weighted by molar-refractivity contribution is 0.189. The monoisotopic (exact) mass is 329 g/mol. The predicted octanol–water partition coefficient (Wildman–Crippen LogP) is 4.19. The molecule has 3 aromatic rings. The molecule has 0 saturated heterocycles. The Labute approximate surface area is 125 Å². The number of oxazole rings is 1. The van der Waals surface area contributed by atoms with E-state index in [1.54, 1.807) is 0 Å². The molecule has 0 radical (unpaired) electrons. The topological polar surface area (TPSA) is 46.3 Å². The Morgan fingerprint density at radius 1 is 0.950 bits per heavy atom. The van der Waals surface area contributed by atoms with Gasteiger partial charge in [0.1, 0.15) is 6.10 Å². The highest BCUT2D eigenvalue weighted by molar-refractivity contribution is 9.10. The van der Waals surface area contributed by atoms with Crippen LogP contribution in [0.15, 0.2) is 69.7 Å². The fourth-order valence-electron chi connectivity index (χ4n) is 1.97. The lowest BCUT2D eigenvalue weighted by atomic mass is 10.1. The number of halogens is 1. The van der Waals surface area contributed by atoms with E-state index >= 15 is 0 Å². The Morgan fingerprint density at radius 3 is 2.20 bits per heavy atom. The van der Waals surface area contributed by atoms with Crippen molar-refractivity contribution >= 4 is 15.9 Å². The number of nitrogens with zero attached hydrogens (tertiary/aromatic N) is 1. The molecule has 3 nitrogen and oxygen atoms in total. The van der Waals surface area contributed by atoms with Crippen LogP contribution in [0.2, 0.25) is 0 Å². The lowest BCUT2D eigenvalue weighted by Gasteiger charge is -2.07. The van der Waals surface area contributed by atoms with Crippen molar-refractivity contribution in [1.82, 2.24) is 4.98 Å². The molecule has 0 fully saturated rings. The summed E-state index contributed by atoms with van der Waals surface area (Å²) in [5.74, 6) is 0.900. The molecule has 0 spiro atoms. The van der Waals surface area contributed by atoms with Crippen LogP contribution >= 0.6 is 15.9 Å². The van der Waals surface area contributed by atoms with Gasteiger partial charge in [-0.1, -0.05) is 48.5 Å². The number of aliphatic hydroxyl groups is 1. The highest BCUT2D eigenvalue weighted by atomic mass is 79.9. The number of hydrogen-bond donors (Lipinski definition) is 1. The van der Waals surface area contributed by atoms with E-state index in [-0.39, 0.29) is 0 Å². The minimum Gasteiger partial charge on any atom is -0.437 e. The van der Waals surface area contributed by atoms with Gasteiger partial charge in [-0.25, -0.2) is 4.98 Å². The van der Waals surface area contributed by atoms with Crippen molar-refractivity contribution in [2.24, 2.45) is 0 Å². The Kier molecular flexibility index (Phi) is 3.67. The summed E-state index contributed by atoms with van der Waals surface area (Å²) in [6.45, 7) is 0. The van der Waals surface area contributed by atoms with E-state index in [1.807, 2.05) is 60.7 Å². The van der Waals surface area contributed by atoms with Gasteiger partial charge in [0.15, 0.2) is 10.4 Å². The van der Waals surface area contributed by atoms with E-state index in [9.17, 15) is 5.11 Å². The van der Waals surface area contributed by atoms with Crippen molar-refractivity contribution in [3.63, 3.8) is 0 Å².